The van der Waals surface area contributed by atoms with Gasteiger partial charge in [0.15, 0.2) is 0 Å². The lowest BCUT2D eigenvalue weighted by atomic mass is 9.93. The van der Waals surface area contributed by atoms with Crippen LogP contribution in [0, 0.1) is 0 Å². The lowest BCUT2D eigenvalue weighted by Gasteiger charge is -2.14. The van der Waals surface area contributed by atoms with Crippen LogP contribution < -0.4 is 0 Å². The SMILES string of the molecule is CC(=Cc1ccc(C(=O)O)cc1)c1ccc2c(c1)C(C)CCCS2. The molecule has 1 heterocycles. The van der Waals surface area contributed by atoms with Crippen LogP contribution in [0.5, 0.6) is 0 Å². The second kappa shape index (κ2) is 7.27. The quantitative estimate of drug-likeness (QED) is 0.704. The Morgan fingerprint density at radius 3 is 2.58 bits per heavy atom. The number of carboxylic acids is 1. The molecule has 0 saturated heterocycles. The van der Waals surface area contributed by atoms with Gasteiger partial charge in [-0.2, -0.15) is 0 Å². The number of thioether (sulfide) groups is 1. The van der Waals surface area contributed by atoms with Crippen LogP contribution in [0.1, 0.15) is 59.7 Å². The van der Waals surface area contributed by atoms with Crippen molar-refractivity contribution < 1.29 is 9.90 Å². The average molecular weight is 338 g/mol. The minimum absolute atomic E-state index is 0.320. The lowest BCUT2D eigenvalue weighted by Crippen LogP contribution is -1.95. The third-order valence-corrected chi connectivity index (χ3v) is 5.75. The Hall–Kier alpha value is -2.00. The first-order valence-electron chi connectivity index (χ1n) is 8.33. The van der Waals surface area contributed by atoms with Crippen molar-refractivity contribution in [2.45, 2.75) is 37.5 Å². The molecule has 1 atom stereocenters. The number of carboxylic acid groups (broad SMARTS) is 1. The first-order chi connectivity index (χ1) is 11.5. The van der Waals surface area contributed by atoms with E-state index in [0.717, 1.165) is 5.56 Å². The zero-order valence-corrected chi connectivity index (χ0v) is 14.9. The molecule has 2 aromatic carbocycles. The van der Waals surface area contributed by atoms with E-state index in [0.29, 0.717) is 11.5 Å². The molecule has 0 aromatic heterocycles. The highest BCUT2D eigenvalue weighted by molar-refractivity contribution is 7.99. The fraction of sp³-hybridized carbons (Fsp3) is 0.286. The molecule has 0 bridgehead atoms. The summed E-state index contributed by atoms with van der Waals surface area (Å²) in [6, 6.07) is 13.8. The summed E-state index contributed by atoms with van der Waals surface area (Å²) in [4.78, 5) is 12.4. The summed E-state index contributed by atoms with van der Waals surface area (Å²) in [5.41, 5.74) is 5.24. The molecule has 1 N–H and O–H groups in total. The van der Waals surface area contributed by atoms with Crippen molar-refractivity contribution in [3.8, 4) is 0 Å². The molecule has 0 saturated carbocycles. The molecule has 0 fully saturated rings. The van der Waals surface area contributed by atoms with Gasteiger partial charge in [0.2, 0.25) is 0 Å². The van der Waals surface area contributed by atoms with Gasteiger partial charge in [-0.1, -0.05) is 37.3 Å². The van der Waals surface area contributed by atoms with Gasteiger partial charge in [0.05, 0.1) is 5.56 Å². The van der Waals surface area contributed by atoms with Crippen molar-refractivity contribution in [2.24, 2.45) is 0 Å². The molecule has 2 nitrogen and oxygen atoms in total. The molecular formula is C21H22O2S. The minimum atomic E-state index is -0.889. The smallest absolute Gasteiger partial charge is 0.335 e. The first-order valence-corrected chi connectivity index (χ1v) is 9.32. The van der Waals surface area contributed by atoms with E-state index in [1.54, 1.807) is 12.1 Å². The summed E-state index contributed by atoms with van der Waals surface area (Å²) in [5, 5.41) is 8.98. The van der Waals surface area contributed by atoms with Gasteiger partial charge in [-0.05, 0) is 71.9 Å². The van der Waals surface area contributed by atoms with E-state index < -0.39 is 5.97 Å². The molecule has 1 aliphatic heterocycles. The monoisotopic (exact) mass is 338 g/mol. The molecule has 0 radical (unpaired) electrons. The van der Waals surface area contributed by atoms with Crippen LogP contribution in [-0.2, 0) is 0 Å². The minimum Gasteiger partial charge on any atom is -0.478 e. The van der Waals surface area contributed by atoms with E-state index in [9.17, 15) is 4.79 Å². The molecule has 1 unspecified atom stereocenters. The fourth-order valence-electron chi connectivity index (χ4n) is 3.09. The molecular weight excluding hydrogens is 316 g/mol. The van der Waals surface area contributed by atoms with E-state index in [1.807, 2.05) is 23.9 Å². The molecule has 2 aromatic rings. The number of carbonyl (C=O) groups is 1. The topological polar surface area (TPSA) is 37.3 Å². The van der Waals surface area contributed by atoms with E-state index in [2.05, 4.69) is 38.1 Å². The van der Waals surface area contributed by atoms with Crippen molar-refractivity contribution in [3.63, 3.8) is 0 Å². The Bertz CT molecular complexity index is 775. The van der Waals surface area contributed by atoms with Gasteiger partial charge in [0, 0.05) is 4.90 Å². The summed E-state index contributed by atoms with van der Waals surface area (Å²) in [6.07, 6.45) is 4.64. The molecule has 24 heavy (non-hydrogen) atoms. The average Bonchev–Trinajstić information content (AvgIpc) is 2.76. The predicted octanol–water partition coefficient (Wildman–Crippen LogP) is 5.93. The van der Waals surface area contributed by atoms with Gasteiger partial charge >= 0.3 is 5.97 Å². The van der Waals surface area contributed by atoms with Gasteiger partial charge in [0.25, 0.3) is 0 Å². The maximum Gasteiger partial charge on any atom is 0.335 e. The van der Waals surface area contributed by atoms with Gasteiger partial charge in [0.1, 0.15) is 0 Å². The zero-order chi connectivity index (χ0) is 17.1. The molecule has 1 aliphatic rings. The van der Waals surface area contributed by atoms with Gasteiger partial charge < -0.3 is 5.11 Å². The van der Waals surface area contributed by atoms with E-state index >= 15 is 0 Å². The van der Waals surface area contributed by atoms with Crippen LogP contribution in [0.2, 0.25) is 0 Å². The van der Waals surface area contributed by atoms with Gasteiger partial charge in [-0.25, -0.2) is 4.79 Å². The van der Waals surface area contributed by atoms with Gasteiger partial charge in [-0.15, -0.1) is 11.8 Å². The Labute approximate surface area is 147 Å². The van der Waals surface area contributed by atoms with Crippen LogP contribution in [0.4, 0.5) is 0 Å². The molecule has 124 valence electrons. The number of hydrogen-bond donors (Lipinski definition) is 1. The summed E-state index contributed by atoms with van der Waals surface area (Å²) >= 11 is 1.97. The van der Waals surface area contributed by atoms with E-state index in [4.69, 9.17) is 5.11 Å². The van der Waals surface area contributed by atoms with Crippen LogP contribution in [0.3, 0.4) is 0 Å². The summed E-state index contributed by atoms with van der Waals surface area (Å²) < 4.78 is 0. The number of benzene rings is 2. The third kappa shape index (κ3) is 3.73. The Morgan fingerprint density at radius 1 is 1.17 bits per heavy atom. The molecule has 3 rings (SSSR count). The molecule has 3 heteroatoms. The Morgan fingerprint density at radius 2 is 1.88 bits per heavy atom. The maximum atomic E-state index is 10.9. The first kappa shape index (κ1) is 16.8. The highest BCUT2D eigenvalue weighted by Crippen LogP contribution is 2.37. The Kier molecular flexibility index (Phi) is 5.10. The fourth-order valence-corrected chi connectivity index (χ4v) is 4.21. The number of rotatable bonds is 3. The number of fused-ring (bicyclic) bond motifs is 1. The summed E-state index contributed by atoms with van der Waals surface area (Å²) in [6.45, 7) is 4.43. The zero-order valence-electron chi connectivity index (χ0n) is 14.1. The summed E-state index contributed by atoms with van der Waals surface area (Å²) in [5.74, 6) is 0.929. The largest absolute Gasteiger partial charge is 0.478 e. The number of allylic oxidation sites excluding steroid dienone is 1. The summed E-state index contributed by atoms with van der Waals surface area (Å²) in [7, 11) is 0. The highest BCUT2D eigenvalue weighted by atomic mass is 32.2. The third-order valence-electron chi connectivity index (χ3n) is 4.58. The maximum absolute atomic E-state index is 10.9. The Balaban J connectivity index is 1.89. The van der Waals surface area contributed by atoms with E-state index in [1.165, 1.54) is 40.2 Å². The van der Waals surface area contributed by atoms with Crippen molar-refractivity contribution in [1.82, 2.24) is 0 Å². The van der Waals surface area contributed by atoms with Crippen molar-refractivity contribution in [1.29, 1.82) is 0 Å². The standard InChI is InChI=1S/C21H22O2S/c1-14-4-3-11-24-20-10-9-18(13-19(14)20)15(2)12-16-5-7-17(8-6-16)21(22)23/h5-10,12-14H,3-4,11H2,1-2H3,(H,22,23). The van der Waals surface area contributed by atoms with Crippen LogP contribution in [-0.4, -0.2) is 16.8 Å². The van der Waals surface area contributed by atoms with E-state index in [-0.39, 0.29) is 0 Å². The second-order valence-corrected chi connectivity index (χ2v) is 7.54. The molecule has 0 amide bonds. The lowest BCUT2D eigenvalue weighted by molar-refractivity contribution is 0.0697. The van der Waals surface area contributed by atoms with Crippen molar-refractivity contribution >= 4 is 29.4 Å². The van der Waals surface area contributed by atoms with Gasteiger partial charge in [-0.3, -0.25) is 0 Å². The van der Waals surface area contributed by atoms with Crippen LogP contribution >= 0.6 is 11.8 Å². The predicted molar refractivity (Wildman–Crippen MR) is 102 cm³/mol. The number of hydrogen-bond acceptors (Lipinski definition) is 2. The molecule has 0 spiro atoms. The van der Waals surface area contributed by atoms with Crippen molar-refractivity contribution in [3.05, 3.63) is 64.7 Å². The number of aromatic carboxylic acids is 1. The highest BCUT2D eigenvalue weighted by Gasteiger charge is 2.16. The van der Waals surface area contributed by atoms with Crippen molar-refractivity contribution in [2.75, 3.05) is 5.75 Å². The second-order valence-electron chi connectivity index (χ2n) is 6.40. The van der Waals surface area contributed by atoms with Crippen LogP contribution in [0.15, 0.2) is 47.4 Å². The normalized spacial score (nSPS) is 17.9. The molecule has 0 aliphatic carbocycles. The van der Waals surface area contributed by atoms with Crippen LogP contribution in [0.25, 0.3) is 11.6 Å².